The highest BCUT2D eigenvalue weighted by atomic mass is 19.4. The second kappa shape index (κ2) is 12.5. The second-order valence-corrected chi connectivity index (χ2v) is 8.13. The summed E-state index contributed by atoms with van der Waals surface area (Å²) in [5.74, 6) is -1.69. The zero-order chi connectivity index (χ0) is 28.7. The highest BCUT2D eigenvalue weighted by Crippen LogP contribution is 2.37. The monoisotopic (exact) mass is 568 g/mol. The molecule has 0 aliphatic rings. The maximum absolute atomic E-state index is 13.0. The van der Waals surface area contributed by atoms with Crippen LogP contribution in [0.2, 0.25) is 0 Å². The van der Waals surface area contributed by atoms with E-state index >= 15 is 0 Å². The number of halogens is 7. The predicted octanol–water partition coefficient (Wildman–Crippen LogP) is 7.74. The molecule has 4 aromatic rings. The maximum Gasteiger partial charge on any atom is 0.573 e. The summed E-state index contributed by atoms with van der Waals surface area (Å²) in [6, 6.07) is 15.2. The van der Waals surface area contributed by atoms with Gasteiger partial charge in [-0.1, -0.05) is 12.1 Å². The molecule has 0 saturated heterocycles. The molecule has 0 aliphatic carbocycles. The van der Waals surface area contributed by atoms with Crippen LogP contribution < -0.4 is 18.9 Å². The number of hydrogen-bond donors (Lipinski definition) is 0. The van der Waals surface area contributed by atoms with Crippen LogP contribution in [0.5, 0.6) is 28.9 Å². The van der Waals surface area contributed by atoms with E-state index in [1.54, 1.807) is 30.6 Å². The maximum atomic E-state index is 13.0. The summed E-state index contributed by atoms with van der Waals surface area (Å²) in [5.41, 5.74) is 1.90. The first kappa shape index (κ1) is 28.5. The highest BCUT2D eigenvalue weighted by Gasteiger charge is 2.31. The number of nitrogens with zero attached hydrogens (tertiary/aromatic N) is 2. The average molecular weight is 568 g/mol. The van der Waals surface area contributed by atoms with Crippen LogP contribution in [0.15, 0.2) is 85.3 Å². The third-order valence-corrected chi connectivity index (χ3v) is 5.43. The number of hydrogen-bond acceptors (Lipinski definition) is 6. The number of rotatable bonds is 11. The molecule has 1 atom stereocenters. The zero-order valence-electron chi connectivity index (χ0n) is 20.2. The standard InChI is InChI=1S/C27H19F7N2O4/c28-25(29)38-22-7-1-17(14-23(22)39-26(30)31)21(13-16-9-11-35-12-10-16)18-2-8-24(36-15-18)37-19-3-5-20(6-4-19)40-27(32,33)34/h1-12,14-15,21,25-26H,13H2. The Morgan fingerprint density at radius 1 is 0.700 bits per heavy atom. The van der Waals surface area contributed by atoms with E-state index in [4.69, 9.17) is 4.74 Å². The Hall–Kier alpha value is -4.55. The van der Waals surface area contributed by atoms with Gasteiger partial charge in [0.2, 0.25) is 5.88 Å². The predicted molar refractivity (Wildman–Crippen MR) is 127 cm³/mol. The van der Waals surface area contributed by atoms with Crippen molar-refractivity contribution in [3.63, 3.8) is 0 Å². The van der Waals surface area contributed by atoms with Gasteiger partial charge in [-0.05, 0) is 71.6 Å². The van der Waals surface area contributed by atoms with Crippen molar-refractivity contribution in [3.05, 3.63) is 102 Å². The van der Waals surface area contributed by atoms with E-state index < -0.39 is 42.8 Å². The van der Waals surface area contributed by atoms with E-state index in [0.29, 0.717) is 17.5 Å². The van der Waals surface area contributed by atoms with Gasteiger partial charge < -0.3 is 18.9 Å². The molecule has 0 aliphatic heterocycles. The number of aromatic nitrogens is 2. The normalized spacial score (nSPS) is 12.3. The topological polar surface area (TPSA) is 62.7 Å². The third kappa shape index (κ3) is 8.22. The van der Waals surface area contributed by atoms with Crippen LogP contribution in [0.1, 0.15) is 22.6 Å². The summed E-state index contributed by atoms with van der Waals surface area (Å²) in [6.45, 7) is -6.52. The molecule has 6 nitrogen and oxygen atoms in total. The average Bonchev–Trinajstić information content (AvgIpc) is 2.89. The number of benzene rings is 2. The summed E-state index contributed by atoms with van der Waals surface area (Å²) < 4.78 is 107. The molecule has 2 aromatic heterocycles. The van der Waals surface area contributed by atoms with Crippen LogP contribution in [0, 0.1) is 0 Å². The summed E-state index contributed by atoms with van der Waals surface area (Å²) in [6.07, 6.45) is 0.165. The molecule has 40 heavy (non-hydrogen) atoms. The molecule has 0 N–H and O–H groups in total. The molecule has 0 amide bonds. The fraction of sp³-hybridized carbons (Fsp3) is 0.185. The van der Waals surface area contributed by atoms with Crippen LogP contribution in [0.3, 0.4) is 0 Å². The zero-order valence-corrected chi connectivity index (χ0v) is 20.2. The van der Waals surface area contributed by atoms with Gasteiger partial charge in [0.1, 0.15) is 11.5 Å². The SMILES string of the molecule is FC(F)Oc1ccc(C(Cc2ccncc2)c2ccc(Oc3ccc(OC(F)(F)F)cc3)nc2)cc1OC(F)F. The molecule has 210 valence electrons. The number of alkyl halides is 7. The summed E-state index contributed by atoms with van der Waals surface area (Å²) in [7, 11) is 0. The van der Waals surface area contributed by atoms with Crippen molar-refractivity contribution in [2.45, 2.75) is 31.9 Å². The molecular formula is C27H19F7N2O4. The summed E-state index contributed by atoms with van der Waals surface area (Å²) >= 11 is 0. The first-order valence-electron chi connectivity index (χ1n) is 11.5. The Bertz CT molecular complexity index is 1370. The van der Waals surface area contributed by atoms with Gasteiger partial charge in [0, 0.05) is 30.6 Å². The Labute approximate surface area is 222 Å². The molecule has 4 rings (SSSR count). The van der Waals surface area contributed by atoms with E-state index in [0.717, 1.165) is 23.8 Å². The van der Waals surface area contributed by atoms with Crippen molar-refractivity contribution < 1.29 is 49.7 Å². The molecule has 0 bridgehead atoms. The second-order valence-electron chi connectivity index (χ2n) is 8.13. The van der Waals surface area contributed by atoms with Crippen LogP contribution >= 0.6 is 0 Å². The fourth-order valence-corrected chi connectivity index (χ4v) is 3.79. The Morgan fingerprint density at radius 2 is 1.32 bits per heavy atom. The first-order chi connectivity index (χ1) is 19.1. The summed E-state index contributed by atoms with van der Waals surface area (Å²) in [5, 5.41) is 0. The van der Waals surface area contributed by atoms with Gasteiger partial charge in [0.05, 0.1) is 0 Å². The van der Waals surface area contributed by atoms with E-state index in [1.165, 1.54) is 36.5 Å². The van der Waals surface area contributed by atoms with Gasteiger partial charge >= 0.3 is 19.6 Å². The molecular weight excluding hydrogens is 549 g/mol. The first-order valence-corrected chi connectivity index (χ1v) is 11.5. The van der Waals surface area contributed by atoms with Gasteiger partial charge in [-0.3, -0.25) is 4.98 Å². The number of ether oxygens (including phenoxy) is 4. The van der Waals surface area contributed by atoms with Crippen molar-refractivity contribution in [1.29, 1.82) is 0 Å². The molecule has 0 spiro atoms. The largest absolute Gasteiger partial charge is 0.573 e. The minimum atomic E-state index is -4.82. The van der Waals surface area contributed by atoms with E-state index in [1.807, 2.05) is 0 Å². The van der Waals surface area contributed by atoms with E-state index in [2.05, 4.69) is 24.2 Å². The van der Waals surface area contributed by atoms with Crippen molar-refractivity contribution in [1.82, 2.24) is 9.97 Å². The molecule has 0 saturated carbocycles. The van der Waals surface area contributed by atoms with Gasteiger partial charge in [-0.15, -0.1) is 13.2 Å². The lowest BCUT2D eigenvalue weighted by Gasteiger charge is -2.20. The Kier molecular flexibility index (Phi) is 8.92. The Morgan fingerprint density at radius 3 is 1.93 bits per heavy atom. The highest BCUT2D eigenvalue weighted by molar-refractivity contribution is 5.47. The van der Waals surface area contributed by atoms with Crippen LogP contribution in [0.4, 0.5) is 30.7 Å². The molecule has 13 heteroatoms. The molecule has 2 aromatic carbocycles. The van der Waals surface area contributed by atoms with Gasteiger partial charge in [0.25, 0.3) is 0 Å². The lowest BCUT2D eigenvalue weighted by molar-refractivity contribution is -0.274. The lowest BCUT2D eigenvalue weighted by Crippen LogP contribution is -2.16. The van der Waals surface area contributed by atoms with Crippen molar-refractivity contribution >= 4 is 0 Å². The third-order valence-electron chi connectivity index (χ3n) is 5.43. The summed E-state index contributed by atoms with van der Waals surface area (Å²) in [4.78, 5) is 8.23. The molecule has 0 fully saturated rings. The Balaban J connectivity index is 1.60. The van der Waals surface area contributed by atoms with Gasteiger partial charge in [0.15, 0.2) is 11.5 Å². The van der Waals surface area contributed by atoms with Crippen LogP contribution in [-0.2, 0) is 6.42 Å². The minimum Gasteiger partial charge on any atom is -0.439 e. The quantitative estimate of drug-likeness (QED) is 0.173. The molecule has 1 unspecified atom stereocenters. The van der Waals surface area contributed by atoms with Crippen molar-refractivity contribution in [2.75, 3.05) is 0 Å². The van der Waals surface area contributed by atoms with E-state index in [9.17, 15) is 30.7 Å². The van der Waals surface area contributed by atoms with E-state index in [-0.39, 0.29) is 11.6 Å². The van der Waals surface area contributed by atoms with Crippen molar-refractivity contribution in [3.8, 4) is 28.9 Å². The van der Waals surface area contributed by atoms with Crippen LogP contribution in [-0.4, -0.2) is 29.6 Å². The molecule has 0 radical (unpaired) electrons. The van der Waals surface area contributed by atoms with Gasteiger partial charge in [-0.25, -0.2) is 4.98 Å². The van der Waals surface area contributed by atoms with Crippen LogP contribution in [0.25, 0.3) is 0 Å². The molecule has 2 heterocycles. The van der Waals surface area contributed by atoms with Gasteiger partial charge in [-0.2, -0.15) is 17.6 Å². The minimum absolute atomic E-state index is 0.123. The smallest absolute Gasteiger partial charge is 0.439 e. The lowest BCUT2D eigenvalue weighted by atomic mass is 9.87. The number of pyridine rings is 2. The fourth-order valence-electron chi connectivity index (χ4n) is 3.79. The van der Waals surface area contributed by atoms with Crippen molar-refractivity contribution in [2.24, 2.45) is 0 Å².